The second-order valence-corrected chi connectivity index (χ2v) is 5.77. The van der Waals surface area contributed by atoms with Gasteiger partial charge in [-0.1, -0.05) is 32.0 Å². The third-order valence-corrected chi connectivity index (χ3v) is 4.75. The highest BCUT2D eigenvalue weighted by Crippen LogP contribution is 2.28. The maximum atomic E-state index is 4.66. The van der Waals surface area contributed by atoms with E-state index in [0.717, 1.165) is 34.5 Å². The summed E-state index contributed by atoms with van der Waals surface area (Å²) in [6, 6.07) is 8.86. The number of para-hydroxylation sites is 1. The number of aromatic nitrogens is 2. The summed E-state index contributed by atoms with van der Waals surface area (Å²) in [5.41, 5.74) is 4.62. The van der Waals surface area contributed by atoms with E-state index < -0.39 is 0 Å². The summed E-state index contributed by atoms with van der Waals surface area (Å²) in [7, 11) is 0. The van der Waals surface area contributed by atoms with E-state index in [1.165, 1.54) is 5.56 Å². The van der Waals surface area contributed by atoms with Crippen LogP contribution in [0.1, 0.15) is 43.3 Å². The summed E-state index contributed by atoms with van der Waals surface area (Å²) in [4.78, 5) is 0. The second kappa shape index (κ2) is 6.55. The lowest BCUT2D eigenvalue weighted by molar-refractivity contribution is 0.533. The van der Waals surface area contributed by atoms with E-state index in [1.54, 1.807) is 0 Å². The Labute approximate surface area is 129 Å². The fourth-order valence-corrected chi connectivity index (χ4v) is 2.80. The van der Waals surface area contributed by atoms with Crippen molar-refractivity contribution in [2.75, 3.05) is 6.54 Å². The van der Waals surface area contributed by atoms with Crippen molar-refractivity contribution in [3.8, 4) is 5.69 Å². The Bertz CT molecular complexity index is 589. The molecule has 0 amide bonds. The molecule has 0 saturated heterocycles. The summed E-state index contributed by atoms with van der Waals surface area (Å²) in [5.74, 6) is 0. The van der Waals surface area contributed by atoms with Gasteiger partial charge in [-0.15, -0.1) is 0 Å². The molecule has 1 atom stereocenters. The minimum atomic E-state index is 0.360. The molecule has 0 spiro atoms. The van der Waals surface area contributed by atoms with Crippen LogP contribution in [0.5, 0.6) is 0 Å². The van der Waals surface area contributed by atoms with Crippen LogP contribution in [0.4, 0.5) is 0 Å². The van der Waals surface area contributed by atoms with Crippen molar-refractivity contribution < 1.29 is 0 Å². The average molecular weight is 336 g/mol. The average Bonchev–Trinajstić information content (AvgIpc) is 2.72. The van der Waals surface area contributed by atoms with Gasteiger partial charge in [-0.2, -0.15) is 5.10 Å². The van der Waals surface area contributed by atoms with Crippen LogP contribution >= 0.6 is 15.9 Å². The Hall–Kier alpha value is -1.13. The first-order valence-electron chi connectivity index (χ1n) is 7.14. The molecule has 4 heteroatoms. The molecule has 1 aromatic heterocycles. The largest absolute Gasteiger partial charge is 0.310 e. The van der Waals surface area contributed by atoms with E-state index in [0.29, 0.717) is 6.04 Å². The fraction of sp³-hybridized carbons (Fsp3) is 0.438. The molecule has 0 aliphatic rings. The highest BCUT2D eigenvalue weighted by Gasteiger charge is 2.17. The number of rotatable bonds is 5. The normalized spacial score (nSPS) is 12.7. The SMILES string of the molecule is CCNC(CC)c1ccccc1-n1nc(C)c(Br)c1C. The Morgan fingerprint density at radius 3 is 2.50 bits per heavy atom. The molecule has 1 unspecified atom stereocenters. The summed E-state index contributed by atoms with van der Waals surface area (Å²) >= 11 is 3.61. The number of nitrogens with one attached hydrogen (secondary N) is 1. The monoisotopic (exact) mass is 335 g/mol. The topological polar surface area (TPSA) is 29.9 Å². The zero-order valence-corrected chi connectivity index (χ0v) is 14.2. The zero-order chi connectivity index (χ0) is 14.7. The van der Waals surface area contributed by atoms with Gasteiger partial charge in [-0.25, -0.2) is 4.68 Å². The minimum absolute atomic E-state index is 0.360. The number of nitrogens with zero attached hydrogens (tertiary/aromatic N) is 2. The smallest absolute Gasteiger partial charge is 0.0743 e. The molecular formula is C16H22BrN3. The lowest BCUT2D eigenvalue weighted by atomic mass is 10.0. The van der Waals surface area contributed by atoms with Gasteiger partial charge in [0.1, 0.15) is 0 Å². The standard InChI is InChI=1S/C16H22BrN3/c1-5-14(18-6-2)13-9-7-8-10-15(13)20-12(4)16(17)11(3)19-20/h7-10,14,18H,5-6H2,1-4H3. The molecule has 108 valence electrons. The Morgan fingerprint density at radius 1 is 1.25 bits per heavy atom. The number of halogens is 1. The van der Waals surface area contributed by atoms with Crippen molar-refractivity contribution in [2.45, 2.75) is 40.2 Å². The van der Waals surface area contributed by atoms with E-state index in [-0.39, 0.29) is 0 Å². The molecule has 1 N–H and O–H groups in total. The summed E-state index contributed by atoms with van der Waals surface area (Å²) in [5, 5.41) is 8.21. The van der Waals surface area contributed by atoms with Gasteiger partial charge in [0.2, 0.25) is 0 Å². The maximum absolute atomic E-state index is 4.66. The van der Waals surface area contributed by atoms with Crippen molar-refractivity contribution >= 4 is 15.9 Å². The third-order valence-electron chi connectivity index (χ3n) is 3.60. The van der Waals surface area contributed by atoms with E-state index in [4.69, 9.17) is 0 Å². The molecular weight excluding hydrogens is 314 g/mol. The Morgan fingerprint density at radius 2 is 1.95 bits per heavy atom. The van der Waals surface area contributed by atoms with Gasteiger partial charge in [0.25, 0.3) is 0 Å². The summed E-state index contributed by atoms with van der Waals surface area (Å²) < 4.78 is 3.12. The van der Waals surface area contributed by atoms with Crippen molar-refractivity contribution in [3.05, 3.63) is 45.7 Å². The van der Waals surface area contributed by atoms with Gasteiger partial charge >= 0.3 is 0 Å². The number of benzene rings is 1. The Balaban J connectivity index is 2.54. The van der Waals surface area contributed by atoms with Crippen LogP contribution in [-0.2, 0) is 0 Å². The third kappa shape index (κ3) is 2.81. The summed E-state index contributed by atoms with van der Waals surface area (Å²) in [6.07, 6.45) is 1.06. The molecule has 0 radical (unpaired) electrons. The van der Waals surface area contributed by atoms with Gasteiger partial charge in [-0.05, 0) is 54.4 Å². The molecule has 1 heterocycles. The van der Waals surface area contributed by atoms with E-state index in [9.17, 15) is 0 Å². The van der Waals surface area contributed by atoms with Crippen LogP contribution in [0.3, 0.4) is 0 Å². The molecule has 0 aliphatic carbocycles. The molecule has 1 aromatic carbocycles. The lowest BCUT2D eigenvalue weighted by Gasteiger charge is -2.20. The van der Waals surface area contributed by atoms with Gasteiger partial charge in [-0.3, -0.25) is 0 Å². The van der Waals surface area contributed by atoms with E-state index in [2.05, 4.69) is 71.4 Å². The van der Waals surface area contributed by atoms with Crippen LogP contribution in [0.25, 0.3) is 5.69 Å². The lowest BCUT2D eigenvalue weighted by Crippen LogP contribution is -2.22. The second-order valence-electron chi connectivity index (χ2n) is 4.97. The van der Waals surface area contributed by atoms with Crippen LogP contribution in [-0.4, -0.2) is 16.3 Å². The molecule has 20 heavy (non-hydrogen) atoms. The minimum Gasteiger partial charge on any atom is -0.310 e. The van der Waals surface area contributed by atoms with Gasteiger partial charge in [0.15, 0.2) is 0 Å². The van der Waals surface area contributed by atoms with Crippen molar-refractivity contribution in [2.24, 2.45) is 0 Å². The first-order chi connectivity index (χ1) is 9.60. The van der Waals surface area contributed by atoms with Gasteiger partial charge < -0.3 is 5.32 Å². The molecule has 3 nitrogen and oxygen atoms in total. The highest BCUT2D eigenvalue weighted by atomic mass is 79.9. The molecule has 2 aromatic rings. The zero-order valence-electron chi connectivity index (χ0n) is 12.6. The van der Waals surface area contributed by atoms with Crippen molar-refractivity contribution in [3.63, 3.8) is 0 Å². The number of hydrogen-bond donors (Lipinski definition) is 1. The molecule has 0 bridgehead atoms. The first kappa shape index (κ1) is 15.3. The molecule has 0 aliphatic heterocycles. The highest BCUT2D eigenvalue weighted by molar-refractivity contribution is 9.10. The quantitative estimate of drug-likeness (QED) is 0.882. The number of hydrogen-bond acceptors (Lipinski definition) is 2. The van der Waals surface area contributed by atoms with Crippen LogP contribution in [0.15, 0.2) is 28.7 Å². The molecule has 0 fully saturated rings. The van der Waals surface area contributed by atoms with Crippen LogP contribution in [0.2, 0.25) is 0 Å². The van der Waals surface area contributed by atoms with Gasteiger partial charge in [0, 0.05) is 6.04 Å². The van der Waals surface area contributed by atoms with Crippen molar-refractivity contribution in [1.29, 1.82) is 0 Å². The molecule has 2 rings (SSSR count). The molecule has 0 saturated carbocycles. The van der Waals surface area contributed by atoms with E-state index >= 15 is 0 Å². The van der Waals surface area contributed by atoms with Crippen LogP contribution < -0.4 is 5.32 Å². The van der Waals surface area contributed by atoms with Crippen molar-refractivity contribution in [1.82, 2.24) is 15.1 Å². The fourth-order valence-electron chi connectivity index (χ4n) is 2.55. The maximum Gasteiger partial charge on any atom is 0.0743 e. The number of aryl methyl sites for hydroxylation is 1. The first-order valence-corrected chi connectivity index (χ1v) is 7.93. The predicted molar refractivity (Wildman–Crippen MR) is 87.4 cm³/mol. The van der Waals surface area contributed by atoms with Gasteiger partial charge in [0.05, 0.1) is 21.5 Å². The Kier molecular flexibility index (Phi) is 5.00. The van der Waals surface area contributed by atoms with Crippen LogP contribution in [0, 0.1) is 13.8 Å². The van der Waals surface area contributed by atoms with E-state index in [1.807, 2.05) is 11.6 Å². The predicted octanol–water partition coefficient (Wildman–Crippen LogP) is 4.31. The summed E-state index contributed by atoms with van der Waals surface area (Å²) in [6.45, 7) is 9.44.